The fraction of sp³-hybridized carbons (Fsp3) is 0.474. The molecule has 2 aromatic rings. The van der Waals surface area contributed by atoms with Crippen LogP contribution in [0, 0.1) is 16.4 Å². The second-order valence-corrected chi connectivity index (χ2v) is 8.07. The predicted molar refractivity (Wildman–Crippen MR) is 105 cm³/mol. The number of halogens is 2. The number of aromatic amines is 1. The highest BCUT2D eigenvalue weighted by atomic mass is 32.1. The number of fused-ring (bicyclic) bond motifs is 1. The van der Waals surface area contributed by atoms with Gasteiger partial charge in [-0.1, -0.05) is 0 Å². The van der Waals surface area contributed by atoms with Crippen LogP contribution < -0.4 is 10.1 Å². The maximum atomic E-state index is 13.9. The number of aliphatic hydroxyl groups is 3. The van der Waals surface area contributed by atoms with Crippen molar-refractivity contribution in [3.05, 3.63) is 46.0 Å². The Hall–Kier alpha value is -2.42. The third kappa shape index (κ3) is 4.02. The first-order valence-corrected chi connectivity index (χ1v) is 10.1. The highest BCUT2D eigenvalue weighted by molar-refractivity contribution is 7.71. The molecule has 10 nitrogen and oxygen atoms in total. The first kappa shape index (κ1) is 22.8. The predicted octanol–water partition coefficient (Wildman–Crippen LogP) is -0.0165. The van der Waals surface area contributed by atoms with Crippen LogP contribution in [0.4, 0.5) is 8.78 Å². The first-order chi connectivity index (χ1) is 15.1. The van der Waals surface area contributed by atoms with Crippen molar-refractivity contribution in [2.75, 3.05) is 13.2 Å². The molecule has 0 aliphatic carbocycles. The maximum Gasteiger partial charge on any atom is 0.335 e. The molecule has 5 atom stereocenters. The van der Waals surface area contributed by atoms with Crippen LogP contribution >= 0.6 is 12.2 Å². The SMILES string of the molecule is O=C(O)C1O[C@@](O)(NCCc2c[nH]c(=S)n2[C@H]2COc3c(F)cc(F)cc3C2)C(O)C1O. The van der Waals surface area contributed by atoms with E-state index in [1.165, 1.54) is 6.07 Å². The number of ether oxygens (including phenoxy) is 2. The lowest BCUT2D eigenvalue weighted by molar-refractivity contribution is -0.248. The van der Waals surface area contributed by atoms with Crippen molar-refractivity contribution in [2.45, 2.75) is 43.1 Å². The molecule has 2 aliphatic rings. The van der Waals surface area contributed by atoms with Gasteiger partial charge in [0, 0.05) is 42.9 Å². The zero-order valence-corrected chi connectivity index (χ0v) is 17.3. The largest absolute Gasteiger partial charge is 0.488 e. The van der Waals surface area contributed by atoms with Gasteiger partial charge in [0.15, 0.2) is 28.5 Å². The minimum Gasteiger partial charge on any atom is -0.488 e. The monoisotopic (exact) mass is 473 g/mol. The van der Waals surface area contributed by atoms with Gasteiger partial charge in [-0.3, -0.25) is 5.32 Å². The number of carboxylic acids is 1. The summed E-state index contributed by atoms with van der Waals surface area (Å²) in [5.41, 5.74) is 1.03. The quantitative estimate of drug-likeness (QED) is 0.251. The summed E-state index contributed by atoms with van der Waals surface area (Å²) in [6.07, 6.45) is -3.36. The minimum atomic E-state index is -2.46. The Morgan fingerprint density at radius 3 is 2.81 bits per heavy atom. The molecule has 3 heterocycles. The molecule has 0 bridgehead atoms. The zero-order valence-electron chi connectivity index (χ0n) is 16.5. The van der Waals surface area contributed by atoms with Crippen LogP contribution in [0.2, 0.25) is 0 Å². The summed E-state index contributed by atoms with van der Waals surface area (Å²) in [5.74, 6) is -5.46. The molecule has 174 valence electrons. The average Bonchev–Trinajstić information content (AvgIpc) is 3.20. The summed E-state index contributed by atoms with van der Waals surface area (Å²) in [7, 11) is 0. The average molecular weight is 473 g/mol. The summed E-state index contributed by atoms with van der Waals surface area (Å²) >= 11 is 5.33. The lowest BCUT2D eigenvalue weighted by Crippen LogP contribution is -2.55. The number of rotatable bonds is 6. The third-order valence-corrected chi connectivity index (χ3v) is 5.88. The van der Waals surface area contributed by atoms with Gasteiger partial charge in [0.1, 0.15) is 18.5 Å². The fourth-order valence-electron chi connectivity index (χ4n) is 4.03. The van der Waals surface area contributed by atoms with Gasteiger partial charge in [-0.15, -0.1) is 0 Å². The topological polar surface area (TPSA) is 149 Å². The summed E-state index contributed by atoms with van der Waals surface area (Å²) in [6.45, 7) is 0.104. The molecule has 0 radical (unpaired) electrons. The van der Waals surface area contributed by atoms with E-state index < -0.39 is 41.8 Å². The van der Waals surface area contributed by atoms with Crippen LogP contribution in [0.15, 0.2) is 18.3 Å². The number of hydrogen-bond acceptors (Lipinski definition) is 8. The number of aliphatic hydroxyl groups excluding tert-OH is 2. The van der Waals surface area contributed by atoms with E-state index in [2.05, 4.69) is 10.3 Å². The molecule has 4 rings (SSSR count). The Kier molecular flexibility index (Phi) is 6.04. The molecule has 0 spiro atoms. The number of carboxylic acid groups (broad SMARTS) is 1. The van der Waals surface area contributed by atoms with Crippen molar-refractivity contribution >= 4 is 18.2 Å². The van der Waals surface area contributed by atoms with Crippen molar-refractivity contribution in [3.8, 4) is 5.75 Å². The Balaban J connectivity index is 1.46. The molecule has 2 aliphatic heterocycles. The van der Waals surface area contributed by atoms with Gasteiger partial charge < -0.3 is 39.5 Å². The van der Waals surface area contributed by atoms with Gasteiger partial charge in [0.05, 0.1) is 6.04 Å². The van der Waals surface area contributed by atoms with E-state index in [9.17, 15) is 28.9 Å². The molecular weight excluding hydrogens is 452 g/mol. The number of H-pyrrole nitrogens is 1. The van der Waals surface area contributed by atoms with Gasteiger partial charge in [-0.05, 0) is 18.3 Å². The maximum absolute atomic E-state index is 13.9. The number of nitrogens with zero attached hydrogens (tertiary/aromatic N) is 1. The van der Waals surface area contributed by atoms with Crippen molar-refractivity contribution in [1.82, 2.24) is 14.9 Å². The molecule has 1 saturated heterocycles. The van der Waals surface area contributed by atoms with E-state index >= 15 is 0 Å². The van der Waals surface area contributed by atoms with Gasteiger partial charge in [0.2, 0.25) is 0 Å². The standard InChI is InChI=1S/C19H21F2N3O7S/c20-9-3-8-4-11(7-30-14(8)12(21)5-9)24-10(6-22-18(24)32)1-2-23-19(29)16(26)13(25)15(31-19)17(27)28/h3,5-6,11,13,15-16,23,25-26,29H,1-2,4,7H2,(H,22,32)(H,27,28)/t11-,13?,15?,16?,19-/m1/s1. The number of imidazole rings is 1. The number of aromatic nitrogens is 2. The van der Waals surface area contributed by atoms with E-state index in [1.807, 2.05) is 0 Å². The Labute approximate surface area is 185 Å². The van der Waals surface area contributed by atoms with Crippen LogP contribution in [0.1, 0.15) is 17.3 Å². The number of aliphatic carboxylic acids is 1. The molecule has 1 fully saturated rings. The minimum absolute atomic E-state index is 0.00661. The first-order valence-electron chi connectivity index (χ1n) is 9.74. The molecule has 3 unspecified atom stereocenters. The van der Waals surface area contributed by atoms with E-state index in [-0.39, 0.29) is 37.8 Å². The highest BCUT2D eigenvalue weighted by Crippen LogP contribution is 2.33. The summed E-state index contributed by atoms with van der Waals surface area (Å²) in [6, 6.07) is 1.61. The number of hydrogen-bond donors (Lipinski definition) is 6. The third-order valence-electron chi connectivity index (χ3n) is 5.56. The molecule has 32 heavy (non-hydrogen) atoms. The Bertz CT molecular complexity index is 1090. The molecule has 6 N–H and O–H groups in total. The van der Waals surface area contributed by atoms with Crippen molar-refractivity contribution < 1.29 is 43.5 Å². The Morgan fingerprint density at radius 2 is 2.12 bits per heavy atom. The lowest BCUT2D eigenvalue weighted by Gasteiger charge is -2.29. The van der Waals surface area contributed by atoms with Gasteiger partial charge >= 0.3 is 5.97 Å². The summed E-state index contributed by atoms with van der Waals surface area (Å²) in [5, 5.41) is 41.6. The van der Waals surface area contributed by atoms with Crippen molar-refractivity contribution in [2.24, 2.45) is 0 Å². The molecule has 0 amide bonds. The highest BCUT2D eigenvalue weighted by Gasteiger charge is 2.56. The zero-order chi connectivity index (χ0) is 23.2. The van der Waals surface area contributed by atoms with E-state index in [0.29, 0.717) is 16.0 Å². The second-order valence-electron chi connectivity index (χ2n) is 7.69. The normalized spacial score (nSPS) is 29.5. The molecule has 1 aromatic heterocycles. The van der Waals surface area contributed by atoms with E-state index in [4.69, 9.17) is 26.8 Å². The van der Waals surface area contributed by atoms with Gasteiger partial charge in [0.25, 0.3) is 5.91 Å². The fourth-order valence-corrected chi connectivity index (χ4v) is 4.36. The number of benzene rings is 1. The Morgan fingerprint density at radius 1 is 1.38 bits per heavy atom. The van der Waals surface area contributed by atoms with E-state index in [1.54, 1.807) is 10.8 Å². The summed E-state index contributed by atoms with van der Waals surface area (Å²) < 4.78 is 40.0. The van der Waals surface area contributed by atoms with Crippen LogP contribution in [0.25, 0.3) is 0 Å². The van der Waals surface area contributed by atoms with Gasteiger partial charge in [-0.25, -0.2) is 13.6 Å². The summed E-state index contributed by atoms with van der Waals surface area (Å²) in [4.78, 5) is 14.0. The van der Waals surface area contributed by atoms with Crippen LogP contribution in [-0.2, 0) is 22.4 Å². The number of nitrogens with one attached hydrogen (secondary N) is 2. The smallest absolute Gasteiger partial charge is 0.335 e. The van der Waals surface area contributed by atoms with Crippen LogP contribution in [0.5, 0.6) is 5.75 Å². The van der Waals surface area contributed by atoms with Crippen molar-refractivity contribution in [3.63, 3.8) is 0 Å². The van der Waals surface area contributed by atoms with Crippen molar-refractivity contribution in [1.29, 1.82) is 0 Å². The molecule has 0 saturated carbocycles. The second kappa shape index (κ2) is 8.50. The lowest BCUT2D eigenvalue weighted by atomic mass is 10.0. The van der Waals surface area contributed by atoms with Crippen LogP contribution in [0.3, 0.4) is 0 Å². The van der Waals surface area contributed by atoms with Crippen LogP contribution in [-0.4, -0.2) is 73.3 Å². The van der Waals surface area contributed by atoms with Gasteiger partial charge in [-0.2, -0.15) is 0 Å². The molecule has 1 aromatic carbocycles. The van der Waals surface area contributed by atoms with E-state index in [0.717, 1.165) is 6.07 Å². The molecular formula is C19H21F2N3O7S. The number of carbonyl (C=O) groups is 1. The molecule has 13 heteroatoms.